The van der Waals surface area contributed by atoms with Gasteiger partial charge in [-0.1, -0.05) is 11.6 Å². The van der Waals surface area contributed by atoms with Crippen molar-refractivity contribution >= 4 is 28.6 Å². The highest BCUT2D eigenvalue weighted by Crippen LogP contribution is 2.29. The quantitative estimate of drug-likeness (QED) is 0.701. The zero-order chi connectivity index (χ0) is 17.8. The van der Waals surface area contributed by atoms with Crippen molar-refractivity contribution in [3.05, 3.63) is 59.9 Å². The van der Waals surface area contributed by atoms with Crippen molar-refractivity contribution in [1.29, 1.82) is 0 Å². The molecule has 0 fully saturated rings. The van der Waals surface area contributed by atoms with Gasteiger partial charge in [-0.25, -0.2) is 0 Å². The minimum atomic E-state index is -0.289. The number of carbonyl (C=O) groups excluding carboxylic acids is 1. The number of carbonyl (C=O) groups is 1. The van der Waals surface area contributed by atoms with E-state index in [1.807, 2.05) is 31.2 Å². The number of methoxy groups -OCH3 is 2. The van der Waals surface area contributed by atoms with Crippen LogP contribution in [0.2, 0.25) is 0 Å². The molecule has 0 saturated carbocycles. The molecule has 3 rings (SSSR count). The van der Waals surface area contributed by atoms with E-state index in [1.54, 1.807) is 38.5 Å². The SMILES string of the molecule is COc1ccc(OC)c(NC(=O)/C=C/c2cc3cc(C)ccc3o2)c1. The minimum Gasteiger partial charge on any atom is -0.497 e. The van der Waals surface area contributed by atoms with Crippen molar-refractivity contribution in [2.75, 3.05) is 19.5 Å². The lowest BCUT2D eigenvalue weighted by Gasteiger charge is -2.10. The summed E-state index contributed by atoms with van der Waals surface area (Å²) in [6, 6.07) is 13.1. The number of aryl methyl sites for hydroxylation is 1. The number of ether oxygens (including phenoxy) is 2. The maximum absolute atomic E-state index is 12.2. The Morgan fingerprint density at radius 3 is 2.68 bits per heavy atom. The number of nitrogens with one attached hydrogen (secondary N) is 1. The first-order chi connectivity index (χ1) is 12.1. The van der Waals surface area contributed by atoms with Crippen molar-refractivity contribution in [3.8, 4) is 11.5 Å². The molecule has 1 heterocycles. The van der Waals surface area contributed by atoms with Crippen LogP contribution in [0.5, 0.6) is 11.5 Å². The van der Waals surface area contributed by atoms with Crippen LogP contribution >= 0.6 is 0 Å². The second kappa shape index (κ2) is 7.13. The molecule has 0 atom stereocenters. The van der Waals surface area contributed by atoms with E-state index < -0.39 is 0 Å². The van der Waals surface area contributed by atoms with Gasteiger partial charge in [-0.15, -0.1) is 0 Å². The van der Waals surface area contributed by atoms with Gasteiger partial charge in [0.2, 0.25) is 5.91 Å². The van der Waals surface area contributed by atoms with Gasteiger partial charge in [0.05, 0.1) is 19.9 Å². The summed E-state index contributed by atoms with van der Waals surface area (Å²) in [6.07, 6.45) is 3.06. The van der Waals surface area contributed by atoms with Crippen molar-refractivity contribution in [2.45, 2.75) is 6.92 Å². The van der Waals surface area contributed by atoms with E-state index in [1.165, 1.54) is 6.08 Å². The fourth-order valence-corrected chi connectivity index (χ4v) is 2.51. The molecule has 0 saturated heterocycles. The number of anilines is 1. The van der Waals surface area contributed by atoms with Crippen molar-refractivity contribution in [1.82, 2.24) is 0 Å². The number of rotatable bonds is 5. The number of benzene rings is 2. The lowest BCUT2D eigenvalue weighted by molar-refractivity contribution is -0.111. The molecule has 0 bridgehead atoms. The Labute approximate surface area is 145 Å². The molecule has 0 aliphatic carbocycles. The normalized spacial score (nSPS) is 11.0. The van der Waals surface area contributed by atoms with Gasteiger partial charge in [0.1, 0.15) is 22.8 Å². The average molecular weight is 337 g/mol. The first-order valence-electron chi connectivity index (χ1n) is 7.80. The molecular weight excluding hydrogens is 318 g/mol. The minimum absolute atomic E-state index is 0.289. The highest BCUT2D eigenvalue weighted by Gasteiger charge is 2.08. The molecule has 0 spiro atoms. The van der Waals surface area contributed by atoms with Gasteiger partial charge in [-0.3, -0.25) is 4.79 Å². The van der Waals surface area contributed by atoms with Crippen LogP contribution in [-0.2, 0) is 4.79 Å². The number of hydrogen-bond donors (Lipinski definition) is 1. The first-order valence-corrected chi connectivity index (χ1v) is 7.80. The highest BCUT2D eigenvalue weighted by molar-refractivity contribution is 6.03. The topological polar surface area (TPSA) is 60.7 Å². The van der Waals surface area contributed by atoms with Crippen LogP contribution in [0.1, 0.15) is 11.3 Å². The molecule has 1 aromatic heterocycles. The number of hydrogen-bond acceptors (Lipinski definition) is 4. The molecule has 0 radical (unpaired) electrons. The fraction of sp³-hybridized carbons (Fsp3) is 0.150. The van der Waals surface area contributed by atoms with Crippen molar-refractivity contribution < 1.29 is 18.7 Å². The molecule has 5 heteroatoms. The third kappa shape index (κ3) is 3.83. The van der Waals surface area contributed by atoms with E-state index in [2.05, 4.69) is 5.32 Å². The maximum Gasteiger partial charge on any atom is 0.248 e. The third-order valence-electron chi connectivity index (χ3n) is 3.75. The van der Waals surface area contributed by atoms with E-state index in [4.69, 9.17) is 13.9 Å². The van der Waals surface area contributed by atoms with Crippen LogP contribution in [0.25, 0.3) is 17.0 Å². The zero-order valence-electron chi connectivity index (χ0n) is 14.3. The zero-order valence-corrected chi connectivity index (χ0v) is 14.3. The predicted molar refractivity (Wildman–Crippen MR) is 98.2 cm³/mol. The second-order valence-corrected chi connectivity index (χ2v) is 5.58. The van der Waals surface area contributed by atoms with E-state index in [0.717, 1.165) is 16.5 Å². The molecule has 5 nitrogen and oxygen atoms in total. The van der Waals surface area contributed by atoms with Gasteiger partial charge in [0.15, 0.2) is 0 Å². The molecule has 0 aliphatic heterocycles. The van der Waals surface area contributed by atoms with Crippen molar-refractivity contribution in [3.63, 3.8) is 0 Å². The average Bonchev–Trinajstić information content (AvgIpc) is 3.02. The number of amides is 1. The third-order valence-corrected chi connectivity index (χ3v) is 3.75. The van der Waals surface area contributed by atoms with Gasteiger partial charge >= 0.3 is 0 Å². The van der Waals surface area contributed by atoms with Crippen LogP contribution < -0.4 is 14.8 Å². The maximum atomic E-state index is 12.2. The molecule has 3 aromatic rings. The van der Waals surface area contributed by atoms with Gasteiger partial charge in [0.25, 0.3) is 0 Å². The van der Waals surface area contributed by atoms with Crippen LogP contribution in [0.15, 0.2) is 53.0 Å². The van der Waals surface area contributed by atoms with E-state index in [0.29, 0.717) is 22.9 Å². The lowest BCUT2D eigenvalue weighted by Crippen LogP contribution is -2.09. The molecule has 0 aliphatic rings. The summed E-state index contributed by atoms with van der Waals surface area (Å²) in [5.74, 6) is 1.52. The summed E-state index contributed by atoms with van der Waals surface area (Å²) in [5, 5.41) is 3.79. The monoisotopic (exact) mass is 337 g/mol. The Morgan fingerprint density at radius 2 is 1.92 bits per heavy atom. The predicted octanol–water partition coefficient (Wildman–Crippen LogP) is 4.41. The lowest BCUT2D eigenvalue weighted by atomic mass is 10.2. The second-order valence-electron chi connectivity index (χ2n) is 5.58. The molecule has 1 amide bonds. The Morgan fingerprint density at radius 1 is 1.08 bits per heavy atom. The fourth-order valence-electron chi connectivity index (χ4n) is 2.51. The Hall–Kier alpha value is -3.21. The summed E-state index contributed by atoms with van der Waals surface area (Å²) in [4.78, 5) is 12.2. The Balaban J connectivity index is 1.76. The van der Waals surface area contributed by atoms with Gasteiger partial charge in [0, 0.05) is 17.5 Å². The molecule has 2 aromatic carbocycles. The molecule has 128 valence electrons. The van der Waals surface area contributed by atoms with Crippen LogP contribution in [0, 0.1) is 6.92 Å². The summed E-state index contributed by atoms with van der Waals surface area (Å²) in [7, 11) is 3.11. The Bertz CT molecular complexity index is 940. The van der Waals surface area contributed by atoms with Crippen LogP contribution in [-0.4, -0.2) is 20.1 Å². The smallest absolute Gasteiger partial charge is 0.248 e. The van der Waals surface area contributed by atoms with Crippen molar-refractivity contribution in [2.24, 2.45) is 0 Å². The molecule has 0 unspecified atom stereocenters. The van der Waals surface area contributed by atoms with Gasteiger partial charge in [-0.2, -0.15) is 0 Å². The molecule has 25 heavy (non-hydrogen) atoms. The van der Waals surface area contributed by atoms with Crippen LogP contribution in [0.3, 0.4) is 0 Å². The standard InChI is InChI=1S/C20H19NO4/c1-13-4-7-18-14(10-13)11-16(25-18)6-9-20(22)21-17-12-15(23-2)5-8-19(17)24-3/h4-12H,1-3H3,(H,21,22)/b9-6+. The summed E-state index contributed by atoms with van der Waals surface area (Å²) >= 11 is 0. The summed E-state index contributed by atoms with van der Waals surface area (Å²) in [6.45, 7) is 2.02. The first kappa shape index (κ1) is 16.6. The van der Waals surface area contributed by atoms with E-state index in [9.17, 15) is 4.79 Å². The van der Waals surface area contributed by atoms with E-state index in [-0.39, 0.29) is 5.91 Å². The summed E-state index contributed by atoms with van der Waals surface area (Å²) < 4.78 is 16.1. The molecular formula is C20H19NO4. The Kier molecular flexibility index (Phi) is 4.75. The highest BCUT2D eigenvalue weighted by atomic mass is 16.5. The van der Waals surface area contributed by atoms with E-state index >= 15 is 0 Å². The number of fused-ring (bicyclic) bond motifs is 1. The number of furan rings is 1. The van der Waals surface area contributed by atoms with Crippen LogP contribution in [0.4, 0.5) is 5.69 Å². The molecule has 1 N–H and O–H groups in total. The largest absolute Gasteiger partial charge is 0.497 e. The van der Waals surface area contributed by atoms with Gasteiger partial charge < -0.3 is 19.2 Å². The van der Waals surface area contributed by atoms with Gasteiger partial charge in [-0.05, 0) is 43.3 Å². The summed E-state index contributed by atoms with van der Waals surface area (Å²) in [5.41, 5.74) is 2.49.